The second kappa shape index (κ2) is 8.57. The van der Waals surface area contributed by atoms with Gasteiger partial charge >= 0.3 is 35.5 Å². The van der Waals surface area contributed by atoms with Crippen LogP contribution in [0.25, 0.3) is 0 Å². The summed E-state index contributed by atoms with van der Waals surface area (Å²) in [5.41, 5.74) is 0.858. The van der Waals surface area contributed by atoms with Gasteiger partial charge in [-0.2, -0.15) is 0 Å². The molecule has 4 nitrogen and oxygen atoms in total. The van der Waals surface area contributed by atoms with Crippen LogP contribution in [-0.2, 0) is 4.79 Å². The zero-order valence-electron chi connectivity index (χ0n) is 22.4. The fourth-order valence-corrected chi connectivity index (χ4v) is 10.7. The van der Waals surface area contributed by atoms with Gasteiger partial charge in [-0.1, -0.05) is 53.2 Å². The zero-order chi connectivity index (χ0) is 24.9. The number of fused-ring (bicyclic) bond motifs is 7. The standard InChI is InChI=1S/C30H48O4.Na.H/c1-25(2)13-15-30(24(33)34)16-14-28(5)19(20(30)17-25)7-8-22-26(3)11-10-23(32)27(4,18-31)21(26)9-12-29(22,28)6;;/h7,20-23,31-32H,8-18H2,1-6H3,(H,33,34);;/t20-,21+,22+,23-,26-,27-,28+,29+,30-;;/m0../s1. The predicted molar refractivity (Wildman–Crippen MR) is 141 cm³/mol. The van der Waals surface area contributed by atoms with E-state index in [1.54, 1.807) is 0 Å². The molecule has 0 radical (unpaired) electrons. The van der Waals surface area contributed by atoms with E-state index in [-0.39, 0.29) is 63.7 Å². The Balaban J connectivity index is 0.00000289. The summed E-state index contributed by atoms with van der Waals surface area (Å²) in [7, 11) is 0. The molecule has 0 saturated heterocycles. The molecule has 5 rings (SSSR count). The van der Waals surface area contributed by atoms with E-state index in [9.17, 15) is 20.1 Å². The van der Waals surface area contributed by atoms with Gasteiger partial charge in [-0.05, 0) is 104 Å². The Morgan fingerprint density at radius 1 is 0.943 bits per heavy atom. The van der Waals surface area contributed by atoms with Crippen molar-refractivity contribution in [2.75, 3.05) is 6.61 Å². The van der Waals surface area contributed by atoms with Crippen molar-refractivity contribution < 1.29 is 20.1 Å². The van der Waals surface area contributed by atoms with Crippen LogP contribution in [0.3, 0.4) is 0 Å². The Morgan fingerprint density at radius 2 is 1.60 bits per heavy atom. The van der Waals surface area contributed by atoms with E-state index in [1.807, 2.05) is 0 Å². The van der Waals surface area contributed by atoms with E-state index >= 15 is 0 Å². The minimum atomic E-state index is -0.588. The zero-order valence-corrected chi connectivity index (χ0v) is 22.4. The van der Waals surface area contributed by atoms with Gasteiger partial charge in [-0.3, -0.25) is 4.79 Å². The van der Waals surface area contributed by atoms with Crippen molar-refractivity contribution in [3.05, 3.63) is 11.6 Å². The van der Waals surface area contributed by atoms with Gasteiger partial charge in [0.1, 0.15) is 0 Å². The number of aliphatic carboxylic acids is 1. The van der Waals surface area contributed by atoms with Gasteiger partial charge in [-0.15, -0.1) is 0 Å². The number of allylic oxidation sites excluding steroid dienone is 2. The van der Waals surface area contributed by atoms with Crippen molar-refractivity contribution in [1.29, 1.82) is 0 Å². The molecule has 0 heterocycles. The molecule has 35 heavy (non-hydrogen) atoms. The van der Waals surface area contributed by atoms with Crippen molar-refractivity contribution >= 4 is 35.5 Å². The molecule has 5 aliphatic carbocycles. The van der Waals surface area contributed by atoms with Crippen LogP contribution in [0.15, 0.2) is 11.6 Å². The molecule has 5 heteroatoms. The van der Waals surface area contributed by atoms with Crippen LogP contribution >= 0.6 is 0 Å². The molecular weight excluding hydrogens is 447 g/mol. The molecule has 3 N–H and O–H groups in total. The van der Waals surface area contributed by atoms with Gasteiger partial charge in [-0.25, -0.2) is 0 Å². The van der Waals surface area contributed by atoms with Gasteiger partial charge in [0.25, 0.3) is 0 Å². The van der Waals surface area contributed by atoms with Crippen LogP contribution in [0.2, 0.25) is 0 Å². The summed E-state index contributed by atoms with van der Waals surface area (Å²) in [6.07, 6.45) is 11.6. The van der Waals surface area contributed by atoms with E-state index in [1.165, 1.54) is 5.57 Å². The summed E-state index contributed by atoms with van der Waals surface area (Å²) >= 11 is 0. The first-order chi connectivity index (χ1) is 15.7. The van der Waals surface area contributed by atoms with E-state index in [0.29, 0.717) is 11.8 Å². The van der Waals surface area contributed by atoms with E-state index in [0.717, 1.165) is 64.2 Å². The van der Waals surface area contributed by atoms with Crippen LogP contribution in [0.5, 0.6) is 0 Å². The fraction of sp³-hybridized carbons (Fsp3) is 0.900. The molecule has 5 aliphatic rings. The fourth-order valence-electron chi connectivity index (χ4n) is 10.7. The first-order valence-corrected chi connectivity index (χ1v) is 13.9. The second-order valence-corrected chi connectivity index (χ2v) is 14.9. The maximum atomic E-state index is 12.8. The average molecular weight is 497 g/mol. The SMILES string of the molecule is CC1(C)CC[C@]2(C(=O)O)CC[C@]3(C)C(=CC[C@@H]4[C@@]5(C)CC[C@H](O)[C@@](C)(CO)[C@@H]5CC[C@]43C)[C@@H]2C1.[NaH]. The maximum absolute atomic E-state index is 12.8. The summed E-state index contributed by atoms with van der Waals surface area (Å²) < 4.78 is 0. The van der Waals surface area contributed by atoms with Crippen molar-refractivity contribution in [2.24, 2.45) is 50.2 Å². The summed E-state index contributed by atoms with van der Waals surface area (Å²) in [6, 6.07) is 0. The molecule has 0 aromatic rings. The summed E-state index contributed by atoms with van der Waals surface area (Å²) in [5, 5.41) is 31.8. The van der Waals surface area contributed by atoms with Crippen molar-refractivity contribution in [3.8, 4) is 0 Å². The number of carbonyl (C=O) groups is 1. The van der Waals surface area contributed by atoms with Gasteiger partial charge in [0.15, 0.2) is 0 Å². The Labute approximate surface area is 235 Å². The summed E-state index contributed by atoms with van der Waals surface area (Å²) in [6.45, 7) is 14.3. The number of carboxylic acid groups (broad SMARTS) is 1. The van der Waals surface area contributed by atoms with Crippen LogP contribution in [0.1, 0.15) is 106 Å². The van der Waals surface area contributed by atoms with Crippen molar-refractivity contribution in [2.45, 2.75) is 112 Å². The molecule has 0 bridgehead atoms. The van der Waals surface area contributed by atoms with Gasteiger partial charge in [0, 0.05) is 5.41 Å². The quantitative estimate of drug-likeness (QED) is 0.346. The predicted octanol–water partition coefficient (Wildman–Crippen LogP) is 5.56. The molecule has 4 fully saturated rings. The minimum absolute atomic E-state index is 0. The molecule has 0 aromatic heterocycles. The number of aliphatic hydroxyl groups is 2. The van der Waals surface area contributed by atoms with E-state index < -0.39 is 22.9 Å². The Morgan fingerprint density at radius 3 is 2.23 bits per heavy atom. The molecule has 0 aliphatic heterocycles. The van der Waals surface area contributed by atoms with Crippen LogP contribution in [-0.4, -0.2) is 63.6 Å². The number of rotatable bonds is 2. The first-order valence-electron chi connectivity index (χ1n) is 13.9. The van der Waals surface area contributed by atoms with Crippen LogP contribution < -0.4 is 0 Å². The number of hydrogen-bond donors (Lipinski definition) is 3. The number of carboxylic acids is 1. The normalized spacial score (nSPS) is 52.5. The summed E-state index contributed by atoms with van der Waals surface area (Å²) in [5.74, 6) is 0.395. The monoisotopic (exact) mass is 496 g/mol. The molecule has 0 aromatic carbocycles. The number of aliphatic hydroxyl groups excluding tert-OH is 2. The van der Waals surface area contributed by atoms with Crippen LogP contribution in [0, 0.1) is 50.2 Å². The molecule has 0 unspecified atom stereocenters. The molecule has 9 atom stereocenters. The summed E-state index contributed by atoms with van der Waals surface area (Å²) in [4.78, 5) is 12.8. The van der Waals surface area contributed by atoms with E-state index in [2.05, 4.69) is 47.6 Å². The van der Waals surface area contributed by atoms with Gasteiger partial charge < -0.3 is 15.3 Å². The number of hydrogen-bond acceptors (Lipinski definition) is 3. The molecule has 0 amide bonds. The molecule has 4 saturated carbocycles. The van der Waals surface area contributed by atoms with Crippen molar-refractivity contribution in [1.82, 2.24) is 0 Å². The molecular formula is C30H49NaO4. The molecule has 0 spiro atoms. The average Bonchev–Trinajstić information content (AvgIpc) is 2.76. The Bertz CT molecular complexity index is 914. The Hall–Kier alpha value is 0.130. The molecule has 194 valence electrons. The first kappa shape index (κ1) is 28.1. The third kappa shape index (κ3) is 3.51. The van der Waals surface area contributed by atoms with Crippen LogP contribution in [0.4, 0.5) is 0 Å². The second-order valence-electron chi connectivity index (χ2n) is 14.9. The van der Waals surface area contributed by atoms with Gasteiger partial charge in [0.2, 0.25) is 0 Å². The third-order valence-corrected chi connectivity index (χ3v) is 13.2. The van der Waals surface area contributed by atoms with Crippen molar-refractivity contribution in [3.63, 3.8) is 0 Å². The van der Waals surface area contributed by atoms with Gasteiger partial charge in [0.05, 0.1) is 18.1 Å². The third-order valence-electron chi connectivity index (χ3n) is 13.2. The topological polar surface area (TPSA) is 77.8 Å². The van der Waals surface area contributed by atoms with E-state index in [4.69, 9.17) is 0 Å². The Kier molecular flexibility index (Phi) is 6.89.